The molecule has 2 aromatic rings. The fraction of sp³-hybridized carbons (Fsp3) is 0.458. The molecule has 0 bridgehead atoms. The second-order valence-electron chi connectivity index (χ2n) is 7.59. The summed E-state index contributed by atoms with van der Waals surface area (Å²) in [5.74, 6) is 2.33. The van der Waals surface area contributed by atoms with E-state index >= 15 is 0 Å². The Morgan fingerprint density at radius 2 is 1.86 bits per heavy atom. The van der Waals surface area contributed by atoms with Crippen molar-refractivity contribution in [2.45, 2.75) is 39.2 Å². The number of carbonyl (C=O) groups excluding carboxylic acids is 1. The molecule has 0 aliphatic carbocycles. The largest absolute Gasteiger partial charge is 0.493 e. The van der Waals surface area contributed by atoms with E-state index in [9.17, 15) is 4.79 Å². The van der Waals surface area contributed by atoms with Crippen LogP contribution >= 0.6 is 0 Å². The van der Waals surface area contributed by atoms with Crippen LogP contribution in [0.4, 0.5) is 5.69 Å². The van der Waals surface area contributed by atoms with Gasteiger partial charge in [0.1, 0.15) is 0 Å². The predicted molar refractivity (Wildman–Crippen MR) is 116 cm³/mol. The van der Waals surface area contributed by atoms with E-state index in [1.807, 2.05) is 43.3 Å². The van der Waals surface area contributed by atoms with Gasteiger partial charge in [-0.15, -0.1) is 0 Å². The molecule has 5 heteroatoms. The first-order valence-electron chi connectivity index (χ1n) is 10.5. The highest BCUT2D eigenvalue weighted by molar-refractivity contribution is 5.90. The quantitative estimate of drug-likeness (QED) is 0.666. The van der Waals surface area contributed by atoms with Crippen molar-refractivity contribution in [3.63, 3.8) is 0 Å². The smallest absolute Gasteiger partial charge is 0.224 e. The molecule has 5 nitrogen and oxygen atoms in total. The molecule has 1 saturated heterocycles. The second-order valence-corrected chi connectivity index (χ2v) is 7.59. The summed E-state index contributed by atoms with van der Waals surface area (Å²) in [6, 6.07) is 15.9. The lowest BCUT2D eigenvalue weighted by Crippen LogP contribution is -2.33. The zero-order valence-corrected chi connectivity index (χ0v) is 17.5. The van der Waals surface area contributed by atoms with E-state index in [-0.39, 0.29) is 5.91 Å². The number of nitrogens with zero attached hydrogens (tertiary/aromatic N) is 1. The van der Waals surface area contributed by atoms with Crippen LogP contribution in [-0.2, 0) is 11.3 Å². The number of likely N-dealkylation sites (tertiary alicyclic amines) is 1. The SMILES string of the molecule is CCOc1cc(CN2CCC(CCC(=O)Nc3ccccc3)CC2)ccc1OC. The lowest BCUT2D eigenvalue weighted by Gasteiger charge is -2.32. The standard InChI is InChI=1S/C24H32N2O3/c1-3-29-23-17-20(9-11-22(23)28-2)18-26-15-13-19(14-16-26)10-12-24(27)25-21-7-5-4-6-8-21/h4-9,11,17,19H,3,10,12-16,18H2,1-2H3,(H,25,27). The highest BCUT2D eigenvalue weighted by atomic mass is 16.5. The number of benzene rings is 2. The second kappa shape index (κ2) is 10.9. The van der Waals surface area contributed by atoms with Gasteiger partial charge in [0.25, 0.3) is 0 Å². The molecule has 29 heavy (non-hydrogen) atoms. The van der Waals surface area contributed by atoms with E-state index in [2.05, 4.69) is 22.3 Å². The van der Waals surface area contributed by atoms with Crippen LogP contribution in [0.15, 0.2) is 48.5 Å². The van der Waals surface area contributed by atoms with Crippen LogP contribution in [0.25, 0.3) is 0 Å². The minimum Gasteiger partial charge on any atom is -0.493 e. The summed E-state index contributed by atoms with van der Waals surface area (Å²) in [6.07, 6.45) is 3.85. The van der Waals surface area contributed by atoms with Gasteiger partial charge in [-0.1, -0.05) is 24.3 Å². The number of ether oxygens (including phenoxy) is 2. The summed E-state index contributed by atoms with van der Waals surface area (Å²) >= 11 is 0. The van der Waals surface area contributed by atoms with Crippen molar-refractivity contribution in [3.05, 3.63) is 54.1 Å². The Hall–Kier alpha value is -2.53. The lowest BCUT2D eigenvalue weighted by molar-refractivity contribution is -0.116. The zero-order chi connectivity index (χ0) is 20.5. The van der Waals surface area contributed by atoms with E-state index < -0.39 is 0 Å². The van der Waals surface area contributed by atoms with Gasteiger partial charge in [-0.3, -0.25) is 9.69 Å². The van der Waals surface area contributed by atoms with Crippen LogP contribution < -0.4 is 14.8 Å². The highest BCUT2D eigenvalue weighted by Gasteiger charge is 2.20. The predicted octanol–water partition coefficient (Wildman–Crippen LogP) is 4.72. The molecule has 0 radical (unpaired) electrons. The Balaban J connectivity index is 1.41. The summed E-state index contributed by atoms with van der Waals surface area (Å²) in [5.41, 5.74) is 2.12. The van der Waals surface area contributed by atoms with Gasteiger partial charge in [-0.05, 0) is 75.0 Å². The molecular weight excluding hydrogens is 364 g/mol. The molecule has 156 valence electrons. The zero-order valence-electron chi connectivity index (χ0n) is 17.5. The monoisotopic (exact) mass is 396 g/mol. The van der Waals surface area contributed by atoms with E-state index in [1.165, 1.54) is 5.56 Å². The molecule has 0 unspecified atom stereocenters. The van der Waals surface area contributed by atoms with Gasteiger partial charge in [0.15, 0.2) is 11.5 Å². The number of para-hydroxylation sites is 1. The summed E-state index contributed by atoms with van der Waals surface area (Å²) in [7, 11) is 1.67. The number of rotatable bonds is 9. The molecule has 1 aliphatic rings. The van der Waals surface area contributed by atoms with Crippen LogP contribution in [0, 0.1) is 5.92 Å². The summed E-state index contributed by atoms with van der Waals surface area (Å²) < 4.78 is 11.1. The Morgan fingerprint density at radius 1 is 1.10 bits per heavy atom. The van der Waals surface area contributed by atoms with Crippen molar-refractivity contribution in [2.75, 3.05) is 32.1 Å². The Kier molecular flexibility index (Phi) is 7.94. The maximum absolute atomic E-state index is 12.2. The van der Waals surface area contributed by atoms with Gasteiger partial charge >= 0.3 is 0 Å². The van der Waals surface area contributed by atoms with E-state index in [4.69, 9.17) is 9.47 Å². The maximum atomic E-state index is 12.2. The number of piperidine rings is 1. The molecule has 0 atom stereocenters. The normalized spacial score (nSPS) is 15.1. The fourth-order valence-corrected chi connectivity index (χ4v) is 3.86. The average molecular weight is 397 g/mol. The number of nitrogens with one attached hydrogen (secondary N) is 1. The summed E-state index contributed by atoms with van der Waals surface area (Å²) in [4.78, 5) is 14.6. The van der Waals surface area contributed by atoms with Gasteiger partial charge in [-0.2, -0.15) is 0 Å². The molecule has 0 aromatic heterocycles. The minimum atomic E-state index is 0.111. The van der Waals surface area contributed by atoms with Gasteiger partial charge in [-0.25, -0.2) is 0 Å². The third-order valence-electron chi connectivity index (χ3n) is 5.48. The molecule has 1 aliphatic heterocycles. The molecule has 1 amide bonds. The fourth-order valence-electron chi connectivity index (χ4n) is 3.86. The molecule has 1 fully saturated rings. The van der Waals surface area contributed by atoms with Crippen molar-refractivity contribution >= 4 is 11.6 Å². The molecule has 0 spiro atoms. The maximum Gasteiger partial charge on any atom is 0.224 e. The van der Waals surface area contributed by atoms with Crippen LogP contribution in [0.3, 0.4) is 0 Å². The number of hydrogen-bond acceptors (Lipinski definition) is 4. The summed E-state index contributed by atoms with van der Waals surface area (Å²) in [5, 5.41) is 2.98. The highest BCUT2D eigenvalue weighted by Crippen LogP contribution is 2.29. The van der Waals surface area contributed by atoms with Crippen molar-refractivity contribution in [1.29, 1.82) is 0 Å². The van der Waals surface area contributed by atoms with E-state index in [0.717, 1.165) is 56.1 Å². The third kappa shape index (κ3) is 6.50. The summed E-state index contributed by atoms with van der Waals surface area (Å²) in [6.45, 7) is 5.67. The van der Waals surface area contributed by atoms with E-state index in [1.54, 1.807) is 7.11 Å². The molecule has 1 heterocycles. The Labute approximate surface area is 174 Å². The number of amides is 1. The Morgan fingerprint density at radius 3 is 2.55 bits per heavy atom. The number of methoxy groups -OCH3 is 1. The number of hydrogen-bond donors (Lipinski definition) is 1. The minimum absolute atomic E-state index is 0.111. The van der Waals surface area contributed by atoms with Crippen molar-refractivity contribution in [3.8, 4) is 11.5 Å². The topological polar surface area (TPSA) is 50.8 Å². The molecule has 0 saturated carbocycles. The Bertz CT molecular complexity index is 771. The van der Waals surface area contributed by atoms with Gasteiger partial charge < -0.3 is 14.8 Å². The molecule has 1 N–H and O–H groups in total. The number of carbonyl (C=O) groups is 1. The number of anilines is 1. The van der Waals surface area contributed by atoms with Crippen molar-refractivity contribution in [1.82, 2.24) is 4.90 Å². The van der Waals surface area contributed by atoms with Crippen molar-refractivity contribution in [2.24, 2.45) is 5.92 Å². The first-order valence-corrected chi connectivity index (χ1v) is 10.5. The van der Waals surface area contributed by atoms with Crippen LogP contribution in [0.1, 0.15) is 38.2 Å². The van der Waals surface area contributed by atoms with E-state index in [0.29, 0.717) is 18.9 Å². The molecule has 3 rings (SSSR count). The molecule has 2 aromatic carbocycles. The van der Waals surface area contributed by atoms with Crippen molar-refractivity contribution < 1.29 is 14.3 Å². The first kappa shape index (κ1) is 21.2. The van der Waals surface area contributed by atoms with Crippen LogP contribution in [0.5, 0.6) is 11.5 Å². The van der Waals surface area contributed by atoms with Crippen LogP contribution in [-0.4, -0.2) is 37.6 Å². The van der Waals surface area contributed by atoms with Gasteiger partial charge in [0.05, 0.1) is 13.7 Å². The lowest BCUT2D eigenvalue weighted by atomic mass is 9.92. The molecular formula is C24H32N2O3. The third-order valence-corrected chi connectivity index (χ3v) is 5.48. The average Bonchev–Trinajstić information content (AvgIpc) is 2.74. The van der Waals surface area contributed by atoms with Gasteiger partial charge in [0.2, 0.25) is 5.91 Å². The van der Waals surface area contributed by atoms with Crippen LogP contribution in [0.2, 0.25) is 0 Å². The van der Waals surface area contributed by atoms with Gasteiger partial charge in [0, 0.05) is 18.7 Å². The first-order chi connectivity index (χ1) is 14.2.